The minimum absolute atomic E-state index is 0.194. The molecule has 1 saturated carbocycles. The van der Waals surface area contributed by atoms with Gasteiger partial charge in [0.15, 0.2) is 5.79 Å². The van der Waals surface area contributed by atoms with Crippen LogP contribution >= 0.6 is 0 Å². The van der Waals surface area contributed by atoms with Crippen LogP contribution in [0, 0.1) is 5.92 Å². The predicted molar refractivity (Wildman–Crippen MR) is 43.7 cm³/mol. The molecule has 3 heteroatoms. The van der Waals surface area contributed by atoms with Crippen molar-refractivity contribution in [2.45, 2.75) is 31.5 Å². The maximum absolute atomic E-state index is 9.16. The average molecular weight is 172 g/mol. The molecule has 3 nitrogen and oxygen atoms in total. The number of rotatable bonds is 1. The zero-order chi connectivity index (χ0) is 8.44. The molecule has 1 spiro atoms. The lowest BCUT2D eigenvalue weighted by molar-refractivity contribution is -0.219. The summed E-state index contributed by atoms with van der Waals surface area (Å²) in [6.07, 6.45) is 4.35. The van der Waals surface area contributed by atoms with Gasteiger partial charge >= 0.3 is 0 Å². The second-order valence-electron chi connectivity index (χ2n) is 3.63. The van der Waals surface area contributed by atoms with Gasteiger partial charge in [0.25, 0.3) is 0 Å². The number of hydrogen-bond acceptors (Lipinski definition) is 3. The van der Waals surface area contributed by atoms with Gasteiger partial charge in [-0.1, -0.05) is 6.42 Å². The van der Waals surface area contributed by atoms with E-state index in [1.54, 1.807) is 0 Å². The molecular weight excluding hydrogens is 156 g/mol. The number of aliphatic hydroxyl groups is 1. The van der Waals surface area contributed by atoms with Crippen molar-refractivity contribution in [2.75, 3.05) is 19.8 Å². The molecule has 1 saturated heterocycles. The number of hydrogen-bond donors (Lipinski definition) is 1. The van der Waals surface area contributed by atoms with Crippen molar-refractivity contribution >= 4 is 0 Å². The van der Waals surface area contributed by atoms with E-state index in [0.29, 0.717) is 13.2 Å². The Balaban J connectivity index is 2.07. The van der Waals surface area contributed by atoms with E-state index in [0.717, 1.165) is 19.3 Å². The molecule has 2 rings (SSSR count). The van der Waals surface area contributed by atoms with Crippen LogP contribution in [-0.2, 0) is 9.47 Å². The van der Waals surface area contributed by atoms with Crippen LogP contribution in [0.1, 0.15) is 25.7 Å². The van der Waals surface area contributed by atoms with E-state index in [1.807, 2.05) is 0 Å². The summed E-state index contributed by atoms with van der Waals surface area (Å²) in [6.45, 7) is 1.58. The van der Waals surface area contributed by atoms with E-state index in [-0.39, 0.29) is 12.5 Å². The lowest BCUT2D eigenvalue weighted by Gasteiger charge is -2.38. The third kappa shape index (κ3) is 1.26. The zero-order valence-corrected chi connectivity index (χ0v) is 7.29. The van der Waals surface area contributed by atoms with Gasteiger partial charge in [0, 0.05) is 12.3 Å². The SMILES string of the molecule is OCC1CCCCC12OCCO2. The Morgan fingerprint density at radius 2 is 2.00 bits per heavy atom. The summed E-state index contributed by atoms with van der Waals surface area (Å²) >= 11 is 0. The highest BCUT2D eigenvalue weighted by atomic mass is 16.7. The molecular formula is C9H16O3. The summed E-state index contributed by atoms with van der Waals surface area (Å²) in [5, 5.41) is 9.16. The molecule has 0 aromatic carbocycles. The van der Waals surface area contributed by atoms with Crippen LogP contribution in [0.15, 0.2) is 0 Å². The smallest absolute Gasteiger partial charge is 0.173 e. The average Bonchev–Trinajstić information content (AvgIpc) is 2.55. The van der Waals surface area contributed by atoms with Crippen molar-refractivity contribution < 1.29 is 14.6 Å². The molecule has 1 heterocycles. The van der Waals surface area contributed by atoms with Crippen molar-refractivity contribution in [3.05, 3.63) is 0 Å². The van der Waals surface area contributed by atoms with Crippen molar-refractivity contribution in [1.82, 2.24) is 0 Å². The van der Waals surface area contributed by atoms with Crippen molar-refractivity contribution in [3.63, 3.8) is 0 Å². The summed E-state index contributed by atoms with van der Waals surface area (Å²) in [6, 6.07) is 0. The van der Waals surface area contributed by atoms with Gasteiger partial charge in [-0.2, -0.15) is 0 Å². The fourth-order valence-electron chi connectivity index (χ4n) is 2.27. The highest BCUT2D eigenvalue weighted by molar-refractivity contribution is 4.86. The van der Waals surface area contributed by atoms with Crippen LogP contribution < -0.4 is 0 Å². The van der Waals surface area contributed by atoms with Gasteiger partial charge < -0.3 is 14.6 Å². The molecule has 1 unspecified atom stereocenters. The summed E-state index contributed by atoms with van der Waals surface area (Å²) in [7, 11) is 0. The molecule has 0 aromatic rings. The first-order chi connectivity index (χ1) is 5.87. The predicted octanol–water partition coefficient (Wildman–Crippen LogP) is 0.912. The third-order valence-corrected chi connectivity index (χ3v) is 2.95. The number of aliphatic hydroxyl groups excluding tert-OH is 1. The highest BCUT2D eigenvalue weighted by Gasteiger charge is 2.45. The molecule has 70 valence electrons. The second-order valence-corrected chi connectivity index (χ2v) is 3.63. The molecule has 1 N–H and O–H groups in total. The minimum Gasteiger partial charge on any atom is -0.396 e. The summed E-state index contributed by atoms with van der Waals surface area (Å²) in [5.41, 5.74) is 0. The van der Waals surface area contributed by atoms with Gasteiger partial charge in [-0.05, 0) is 12.8 Å². The molecule has 2 aliphatic rings. The van der Waals surface area contributed by atoms with Crippen LogP contribution in [-0.4, -0.2) is 30.7 Å². The molecule has 0 aromatic heterocycles. The Bertz CT molecular complexity index is 152. The van der Waals surface area contributed by atoms with Gasteiger partial charge in [0.2, 0.25) is 0 Å². The Morgan fingerprint density at radius 1 is 1.25 bits per heavy atom. The zero-order valence-electron chi connectivity index (χ0n) is 7.29. The molecule has 1 aliphatic heterocycles. The molecule has 1 aliphatic carbocycles. The topological polar surface area (TPSA) is 38.7 Å². The maximum Gasteiger partial charge on any atom is 0.173 e. The van der Waals surface area contributed by atoms with E-state index >= 15 is 0 Å². The van der Waals surface area contributed by atoms with Gasteiger partial charge in [-0.15, -0.1) is 0 Å². The Kier molecular flexibility index (Phi) is 2.35. The van der Waals surface area contributed by atoms with Crippen molar-refractivity contribution in [3.8, 4) is 0 Å². The van der Waals surface area contributed by atoms with E-state index in [4.69, 9.17) is 14.6 Å². The summed E-state index contributed by atoms with van der Waals surface area (Å²) in [5.74, 6) is -0.207. The van der Waals surface area contributed by atoms with Crippen LogP contribution in [0.25, 0.3) is 0 Å². The van der Waals surface area contributed by atoms with Gasteiger partial charge in [0.05, 0.1) is 19.8 Å². The quantitative estimate of drug-likeness (QED) is 0.639. The second kappa shape index (κ2) is 3.32. The molecule has 1 atom stereocenters. The summed E-state index contributed by atoms with van der Waals surface area (Å²) < 4.78 is 11.2. The molecule has 12 heavy (non-hydrogen) atoms. The standard InChI is InChI=1S/C9H16O3/c10-7-8-3-1-2-4-9(8)11-5-6-12-9/h8,10H,1-7H2. The first-order valence-electron chi connectivity index (χ1n) is 4.76. The van der Waals surface area contributed by atoms with Crippen LogP contribution in [0.5, 0.6) is 0 Å². The lowest BCUT2D eigenvalue weighted by Crippen LogP contribution is -2.43. The first kappa shape index (κ1) is 8.48. The van der Waals surface area contributed by atoms with Crippen LogP contribution in [0.4, 0.5) is 0 Å². The third-order valence-electron chi connectivity index (χ3n) is 2.95. The lowest BCUT2D eigenvalue weighted by atomic mass is 9.84. The van der Waals surface area contributed by atoms with Crippen LogP contribution in [0.3, 0.4) is 0 Å². The monoisotopic (exact) mass is 172 g/mol. The van der Waals surface area contributed by atoms with Gasteiger partial charge in [-0.3, -0.25) is 0 Å². The first-order valence-corrected chi connectivity index (χ1v) is 4.76. The van der Waals surface area contributed by atoms with E-state index in [9.17, 15) is 0 Å². The summed E-state index contributed by atoms with van der Waals surface area (Å²) in [4.78, 5) is 0. The molecule has 0 amide bonds. The molecule has 2 fully saturated rings. The van der Waals surface area contributed by atoms with E-state index < -0.39 is 5.79 Å². The Labute approximate surface area is 72.7 Å². The molecule has 0 bridgehead atoms. The van der Waals surface area contributed by atoms with Gasteiger partial charge in [-0.25, -0.2) is 0 Å². The Hall–Kier alpha value is -0.120. The van der Waals surface area contributed by atoms with Crippen LogP contribution in [0.2, 0.25) is 0 Å². The normalized spacial score (nSPS) is 34.2. The number of ether oxygens (including phenoxy) is 2. The van der Waals surface area contributed by atoms with E-state index in [1.165, 1.54) is 6.42 Å². The van der Waals surface area contributed by atoms with E-state index in [2.05, 4.69) is 0 Å². The maximum atomic E-state index is 9.16. The highest BCUT2D eigenvalue weighted by Crippen LogP contribution is 2.39. The fourth-order valence-corrected chi connectivity index (χ4v) is 2.27. The minimum atomic E-state index is -0.410. The Morgan fingerprint density at radius 3 is 2.67 bits per heavy atom. The largest absolute Gasteiger partial charge is 0.396 e. The molecule has 0 radical (unpaired) electrons. The van der Waals surface area contributed by atoms with Crippen molar-refractivity contribution in [2.24, 2.45) is 5.92 Å². The van der Waals surface area contributed by atoms with Gasteiger partial charge in [0.1, 0.15) is 0 Å². The van der Waals surface area contributed by atoms with Crippen molar-refractivity contribution in [1.29, 1.82) is 0 Å². The fraction of sp³-hybridized carbons (Fsp3) is 1.00.